The van der Waals surface area contributed by atoms with Crippen LogP contribution < -0.4 is 25.2 Å². The lowest BCUT2D eigenvalue weighted by Crippen LogP contribution is -2.37. The number of halogens is 3. The van der Waals surface area contributed by atoms with Gasteiger partial charge in [-0.2, -0.15) is 13.2 Å². The Morgan fingerprint density at radius 3 is 2.26 bits per heavy atom. The van der Waals surface area contributed by atoms with Crippen LogP contribution in [0.15, 0.2) is 102 Å². The highest BCUT2D eigenvalue weighted by molar-refractivity contribution is 7.90. The van der Waals surface area contributed by atoms with Crippen molar-refractivity contribution < 1.29 is 35.9 Å². The molecule has 224 valence electrons. The van der Waals surface area contributed by atoms with Gasteiger partial charge in [-0.25, -0.2) is 13.1 Å². The largest absolute Gasteiger partial charge is 0.493 e. The molecule has 4 aromatic carbocycles. The lowest BCUT2D eigenvalue weighted by atomic mass is 10.0. The maximum atomic E-state index is 13.5. The van der Waals surface area contributed by atoms with Gasteiger partial charge in [-0.3, -0.25) is 10.2 Å². The zero-order valence-corrected chi connectivity index (χ0v) is 23.5. The zero-order valence-electron chi connectivity index (χ0n) is 22.7. The number of amidine groups is 1. The molecule has 0 fully saturated rings. The highest BCUT2D eigenvalue weighted by atomic mass is 32.2. The second-order valence-corrected chi connectivity index (χ2v) is 10.9. The molecule has 0 saturated heterocycles. The molecule has 13 heteroatoms. The lowest BCUT2D eigenvalue weighted by Gasteiger charge is -2.22. The predicted octanol–water partition coefficient (Wildman–Crippen LogP) is 5.24. The first-order chi connectivity index (χ1) is 20.4. The highest BCUT2D eigenvalue weighted by Gasteiger charge is 2.33. The van der Waals surface area contributed by atoms with E-state index in [-0.39, 0.29) is 23.8 Å². The third-order valence-electron chi connectivity index (χ3n) is 6.23. The molecule has 1 amide bonds. The topological polar surface area (TPSA) is 144 Å². The summed E-state index contributed by atoms with van der Waals surface area (Å²) in [6, 6.07) is 21.8. The van der Waals surface area contributed by atoms with Gasteiger partial charge in [0.15, 0.2) is 11.5 Å². The molecule has 0 spiro atoms. The van der Waals surface area contributed by atoms with Crippen LogP contribution in [0.5, 0.6) is 11.5 Å². The van der Waals surface area contributed by atoms with E-state index in [1.54, 1.807) is 6.07 Å². The van der Waals surface area contributed by atoms with E-state index in [2.05, 4.69) is 5.32 Å². The van der Waals surface area contributed by atoms with Crippen molar-refractivity contribution in [2.75, 3.05) is 12.4 Å². The summed E-state index contributed by atoms with van der Waals surface area (Å²) in [6.07, 6.45) is -4.79. The molecule has 5 N–H and O–H groups in total. The van der Waals surface area contributed by atoms with E-state index in [9.17, 15) is 26.4 Å². The number of carbonyl (C=O) groups is 1. The summed E-state index contributed by atoms with van der Waals surface area (Å²) in [7, 11) is -3.31. The Balaban J connectivity index is 1.66. The van der Waals surface area contributed by atoms with Gasteiger partial charge >= 0.3 is 6.18 Å². The van der Waals surface area contributed by atoms with Crippen molar-refractivity contribution in [3.63, 3.8) is 0 Å². The Morgan fingerprint density at radius 2 is 1.63 bits per heavy atom. The number of hydrogen-bond acceptors (Lipinski definition) is 7. The minimum absolute atomic E-state index is 0.177. The molecule has 9 nitrogen and oxygen atoms in total. The normalized spacial score (nSPS) is 12.2. The van der Waals surface area contributed by atoms with Gasteiger partial charge in [0.1, 0.15) is 18.5 Å². The molecule has 0 radical (unpaired) electrons. The summed E-state index contributed by atoms with van der Waals surface area (Å²) < 4.78 is 78.9. The van der Waals surface area contributed by atoms with Crippen LogP contribution in [0.25, 0.3) is 0 Å². The minimum atomic E-state index is -4.79. The Kier molecular flexibility index (Phi) is 9.24. The number of alkyl halides is 3. The number of methoxy groups -OCH3 is 1. The molecule has 0 aromatic heterocycles. The van der Waals surface area contributed by atoms with Crippen LogP contribution in [0.4, 0.5) is 18.9 Å². The van der Waals surface area contributed by atoms with Crippen LogP contribution in [0.1, 0.15) is 28.3 Å². The third-order valence-corrected chi connectivity index (χ3v) is 7.58. The molecule has 43 heavy (non-hydrogen) atoms. The molecule has 0 aliphatic carbocycles. The van der Waals surface area contributed by atoms with Crippen LogP contribution in [0.2, 0.25) is 0 Å². The highest BCUT2D eigenvalue weighted by Crippen LogP contribution is 2.33. The number of nitrogen functional groups attached to an aromatic ring is 1. The first-order valence-electron chi connectivity index (χ1n) is 12.7. The van der Waals surface area contributed by atoms with Crippen molar-refractivity contribution in [2.45, 2.75) is 23.7 Å². The summed E-state index contributed by atoms with van der Waals surface area (Å²) in [5.41, 5.74) is 6.28. The van der Waals surface area contributed by atoms with Gasteiger partial charge in [0, 0.05) is 11.3 Å². The Hall–Kier alpha value is -5.04. The van der Waals surface area contributed by atoms with Crippen LogP contribution in [0.3, 0.4) is 0 Å². The zero-order chi connectivity index (χ0) is 31.2. The van der Waals surface area contributed by atoms with Gasteiger partial charge in [0.05, 0.1) is 17.6 Å². The number of nitrogens with two attached hydrogens (primary N) is 1. The van der Waals surface area contributed by atoms with E-state index in [4.69, 9.17) is 20.6 Å². The quantitative estimate of drug-likeness (QED) is 0.134. The van der Waals surface area contributed by atoms with Crippen LogP contribution in [-0.4, -0.2) is 27.3 Å². The average Bonchev–Trinajstić information content (AvgIpc) is 2.99. The number of nitrogens with one attached hydrogen (secondary N) is 3. The molecule has 0 heterocycles. The number of benzene rings is 4. The van der Waals surface area contributed by atoms with Crippen molar-refractivity contribution in [3.05, 3.63) is 119 Å². The molecule has 0 aliphatic heterocycles. The summed E-state index contributed by atoms with van der Waals surface area (Å²) in [6.45, 7) is 0.233. The average molecular weight is 613 g/mol. The number of rotatable bonds is 11. The molecule has 4 rings (SSSR count). The van der Waals surface area contributed by atoms with Gasteiger partial charge in [0.25, 0.3) is 15.9 Å². The summed E-state index contributed by atoms with van der Waals surface area (Å²) in [5, 5.41) is 10.5. The fraction of sp³-hybridized carbons (Fsp3) is 0.133. The molecule has 0 bridgehead atoms. The number of carbonyl (C=O) groups excluding carboxylic acids is 1. The van der Waals surface area contributed by atoms with E-state index < -0.39 is 38.6 Å². The fourth-order valence-corrected chi connectivity index (χ4v) is 5.06. The first kappa shape index (κ1) is 30.9. The van der Waals surface area contributed by atoms with Crippen molar-refractivity contribution in [1.82, 2.24) is 4.72 Å². The monoisotopic (exact) mass is 612 g/mol. The standard InChI is InChI=1S/C30H27F3N4O5S/c1-41-26-16-21(12-15-25(26)42-18-19-6-3-2-4-7-19)27(36-23-13-10-20(11-14-23)28(34)35)29(38)37-43(39,40)24-9-5-8-22(17-24)30(31,32)33/h2-17,27,36H,18H2,1H3,(H3,34,35)(H,37,38). The maximum absolute atomic E-state index is 13.5. The number of anilines is 1. The van der Waals surface area contributed by atoms with Crippen molar-refractivity contribution in [2.24, 2.45) is 5.73 Å². The van der Waals surface area contributed by atoms with Crippen molar-refractivity contribution in [3.8, 4) is 11.5 Å². The Bertz CT molecular complexity index is 1710. The minimum Gasteiger partial charge on any atom is -0.493 e. The summed E-state index contributed by atoms with van der Waals surface area (Å²) in [4.78, 5) is 12.8. The van der Waals surface area contributed by atoms with Crippen molar-refractivity contribution >= 4 is 27.5 Å². The fourth-order valence-electron chi connectivity index (χ4n) is 4.02. The van der Waals surface area contributed by atoms with Gasteiger partial charge in [-0.15, -0.1) is 0 Å². The smallest absolute Gasteiger partial charge is 0.416 e. The molecule has 1 unspecified atom stereocenters. The number of sulfonamides is 1. The lowest BCUT2D eigenvalue weighted by molar-refractivity contribution is -0.137. The summed E-state index contributed by atoms with van der Waals surface area (Å²) in [5.74, 6) is -0.644. The maximum Gasteiger partial charge on any atom is 0.416 e. The third kappa shape index (κ3) is 7.83. The number of amides is 1. The van der Waals surface area contributed by atoms with Crippen LogP contribution in [-0.2, 0) is 27.6 Å². The molecule has 0 saturated carbocycles. The predicted molar refractivity (Wildman–Crippen MR) is 154 cm³/mol. The van der Waals surface area contributed by atoms with E-state index in [1.807, 2.05) is 35.1 Å². The Labute approximate surface area is 246 Å². The summed E-state index contributed by atoms with van der Waals surface area (Å²) >= 11 is 0. The number of hydrogen-bond donors (Lipinski definition) is 4. The number of ether oxygens (including phenoxy) is 2. The van der Waals surface area contributed by atoms with E-state index in [1.165, 1.54) is 43.5 Å². The van der Waals surface area contributed by atoms with Gasteiger partial charge in [-0.1, -0.05) is 42.5 Å². The molecule has 0 aliphatic rings. The molecular weight excluding hydrogens is 585 g/mol. The molecule has 4 aromatic rings. The van der Waals surface area contributed by atoms with Gasteiger partial charge in [0.2, 0.25) is 0 Å². The van der Waals surface area contributed by atoms with E-state index >= 15 is 0 Å². The molecule has 1 atom stereocenters. The van der Waals surface area contributed by atoms with Crippen LogP contribution in [0, 0.1) is 5.41 Å². The first-order valence-corrected chi connectivity index (χ1v) is 14.2. The second-order valence-electron chi connectivity index (χ2n) is 9.25. The second kappa shape index (κ2) is 12.9. The Morgan fingerprint density at radius 1 is 0.930 bits per heavy atom. The van der Waals surface area contributed by atoms with Gasteiger partial charge in [-0.05, 0) is 65.7 Å². The van der Waals surface area contributed by atoms with Crippen molar-refractivity contribution in [1.29, 1.82) is 5.41 Å². The molecular formula is C30H27F3N4O5S. The van der Waals surface area contributed by atoms with Gasteiger partial charge < -0.3 is 20.5 Å². The van der Waals surface area contributed by atoms with E-state index in [0.717, 1.165) is 23.8 Å². The SMILES string of the molecule is COc1cc(C(Nc2ccc(C(=N)N)cc2)C(=O)NS(=O)(=O)c2cccc(C(F)(F)F)c2)ccc1OCc1ccccc1. The van der Waals surface area contributed by atoms with Crippen LogP contribution >= 0.6 is 0 Å². The van der Waals surface area contributed by atoms with E-state index in [0.29, 0.717) is 23.1 Å².